The summed E-state index contributed by atoms with van der Waals surface area (Å²) >= 11 is 1.82. The van der Waals surface area contributed by atoms with Gasteiger partial charge in [0, 0.05) is 23.9 Å². The van der Waals surface area contributed by atoms with Crippen molar-refractivity contribution < 1.29 is 4.79 Å². The van der Waals surface area contributed by atoms with Gasteiger partial charge in [-0.3, -0.25) is 4.79 Å². The lowest BCUT2D eigenvalue weighted by Crippen LogP contribution is -2.39. The number of carbonyl (C=O) groups excluding carboxylic acids is 1. The van der Waals surface area contributed by atoms with Crippen LogP contribution in [0.3, 0.4) is 0 Å². The van der Waals surface area contributed by atoms with Gasteiger partial charge in [-0.1, -0.05) is 6.07 Å². The van der Waals surface area contributed by atoms with Crippen LogP contribution in [0, 0.1) is 5.92 Å². The number of rotatable bonds is 4. The van der Waals surface area contributed by atoms with Crippen molar-refractivity contribution in [1.82, 2.24) is 4.90 Å². The minimum Gasteiger partial charge on any atom is -0.302 e. The van der Waals surface area contributed by atoms with E-state index in [0.29, 0.717) is 5.78 Å². The first-order valence-electron chi connectivity index (χ1n) is 6.01. The van der Waals surface area contributed by atoms with E-state index >= 15 is 0 Å². The Bertz CT molecular complexity index is 334. The fraction of sp³-hybridized carbons (Fsp3) is 0.615. The second-order valence-electron chi connectivity index (χ2n) is 4.58. The molecule has 1 saturated heterocycles. The number of hydrogen-bond donors (Lipinski definition) is 0. The van der Waals surface area contributed by atoms with Crippen LogP contribution in [0.15, 0.2) is 17.5 Å². The zero-order valence-electron chi connectivity index (χ0n) is 9.82. The molecular weight excluding hydrogens is 218 g/mol. The van der Waals surface area contributed by atoms with Gasteiger partial charge in [-0.25, -0.2) is 0 Å². The number of nitrogens with zero attached hydrogens (tertiary/aromatic N) is 1. The summed E-state index contributed by atoms with van der Waals surface area (Å²) in [6.07, 6.45) is 3.39. The molecule has 1 atom stereocenters. The standard InChI is InChI=1S/C13H19NOS/c1-11(15)12-4-2-7-14(10-12)8-6-13-5-3-9-16-13/h3,5,9,12H,2,4,6-8,10H2,1H3. The molecule has 88 valence electrons. The van der Waals surface area contributed by atoms with Gasteiger partial charge in [-0.15, -0.1) is 11.3 Å². The lowest BCUT2D eigenvalue weighted by atomic mass is 9.94. The monoisotopic (exact) mass is 237 g/mol. The zero-order valence-corrected chi connectivity index (χ0v) is 10.6. The van der Waals surface area contributed by atoms with Crippen LogP contribution in [-0.4, -0.2) is 30.3 Å². The molecule has 1 aromatic rings. The molecule has 1 aromatic heterocycles. The van der Waals surface area contributed by atoms with E-state index in [0.717, 1.165) is 32.5 Å². The lowest BCUT2D eigenvalue weighted by molar-refractivity contribution is -0.122. The van der Waals surface area contributed by atoms with Gasteiger partial charge < -0.3 is 4.90 Å². The molecule has 1 aliphatic heterocycles. The fourth-order valence-electron chi connectivity index (χ4n) is 2.31. The van der Waals surface area contributed by atoms with Crippen molar-refractivity contribution >= 4 is 17.1 Å². The largest absolute Gasteiger partial charge is 0.302 e. The lowest BCUT2D eigenvalue weighted by Gasteiger charge is -2.31. The van der Waals surface area contributed by atoms with Crippen LogP contribution < -0.4 is 0 Å². The van der Waals surface area contributed by atoms with Crippen molar-refractivity contribution in [2.75, 3.05) is 19.6 Å². The van der Waals surface area contributed by atoms with E-state index in [2.05, 4.69) is 22.4 Å². The van der Waals surface area contributed by atoms with E-state index in [-0.39, 0.29) is 5.92 Å². The van der Waals surface area contributed by atoms with Crippen molar-refractivity contribution in [3.8, 4) is 0 Å². The van der Waals surface area contributed by atoms with Crippen LogP contribution >= 0.6 is 11.3 Å². The van der Waals surface area contributed by atoms with Crippen LogP contribution in [0.25, 0.3) is 0 Å². The van der Waals surface area contributed by atoms with E-state index in [1.807, 2.05) is 11.3 Å². The Morgan fingerprint density at radius 2 is 2.50 bits per heavy atom. The number of piperidine rings is 1. The number of thiophene rings is 1. The van der Waals surface area contributed by atoms with Gasteiger partial charge in [0.2, 0.25) is 0 Å². The number of hydrogen-bond acceptors (Lipinski definition) is 3. The van der Waals surface area contributed by atoms with Crippen molar-refractivity contribution in [3.05, 3.63) is 22.4 Å². The summed E-state index contributed by atoms with van der Waals surface area (Å²) in [7, 11) is 0. The summed E-state index contributed by atoms with van der Waals surface area (Å²) in [5.74, 6) is 0.651. The van der Waals surface area contributed by atoms with E-state index in [1.165, 1.54) is 11.3 Å². The number of ketones is 1. The Kier molecular flexibility index (Phi) is 4.13. The third-order valence-electron chi connectivity index (χ3n) is 3.33. The molecule has 0 aromatic carbocycles. The average Bonchev–Trinajstić information content (AvgIpc) is 2.79. The summed E-state index contributed by atoms with van der Waals surface area (Å²) in [4.78, 5) is 15.2. The number of carbonyl (C=O) groups is 1. The molecule has 0 spiro atoms. The Morgan fingerprint density at radius 3 is 3.19 bits per heavy atom. The molecule has 0 saturated carbocycles. The predicted molar refractivity (Wildman–Crippen MR) is 67.9 cm³/mol. The summed E-state index contributed by atoms with van der Waals surface area (Å²) in [5, 5.41) is 2.13. The van der Waals surface area contributed by atoms with Crippen LogP contribution in [0.4, 0.5) is 0 Å². The Labute approximate surface area is 101 Å². The van der Waals surface area contributed by atoms with E-state index in [4.69, 9.17) is 0 Å². The molecule has 0 aliphatic carbocycles. The van der Waals surface area contributed by atoms with E-state index in [9.17, 15) is 4.79 Å². The van der Waals surface area contributed by atoms with Gasteiger partial charge in [-0.05, 0) is 44.2 Å². The maximum absolute atomic E-state index is 11.4. The predicted octanol–water partition coefficient (Wildman–Crippen LogP) is 2.59. The molecule has 0 N–H and O–H groups in total. The highest BCUT2D eigenvalue weighted by atomic mass is 32.1. The van der Waals surface area contributed by atoms with Crippen LogP contribution in [0.2, 0.25) is 0 Å². The Morgan fingerprint density at radius 1 is 1.62 bits per heavy atom. The Balaban J connectivity index is 1.79. The maximum atomic E-state index is 11.4. The highest BCUT2D eigenvalue weighted by molar-refractivity contribution is 7.09. The van der Waals surface area contributed by atoms with E-state index < -0.39 is 0 Å². The number of likely N-dealkylation sites (tertiary alicyclic amines) is 1. The fourth-order valence-corrected chi connectivity index (χ4v) is 3.01. The molecule has 1 aliphatic rings. The summed E-state index contributed by atoms with van der Waals surface area (Å²) < 4.78 is 0. The van der Waals surface area contributed by atoms with Gasteiger partial charge >= 0.3 is 0 Å². The van der Waals surface area contributed by atoms with Crippen molar-refractivity contribution in [1.29, 1.82) is 0 Å². The van der Waals surface area contributed by atoms with Gasteiger partial charge in [0.05, 0.1) is 0 Å². The topological polar surface area (TPSA) is 20.3 Å². The van der Waals surface area contributed by atoms with Crippen LogP contribution in [-0.2, 0) is 11.2 Å². The Hall–Kier alpha value is -0.670. The highest BCUT2D eigenvalue weighted by Gasteiger charge is 2.22. The second kappa shape index (κ2) is 5.60. The molecule has 0 amide bonds. The minimum atomic E-state index is 0.289. The quantitative estimate of drug-likeness (QED) is 0.802. The van der Waals surface area contributed by atoms with Gasteiger partial charge in [0.1, 0.15) is 5.78 Å². The minimum absolute atomic E-state index is 0.289. The highest BCUT2D eigenvalue weighted by Crippen LogP contribution is 2.18. The smallest absolute Gasteiger partial charge is 0.134 e. The average molecular weight is 237 g/mol. The first-order valence-corrected chi connectivity index (χ1v) is 6.89. The molecule has 2 heterocycles. The van der Waals surface area contributed by atoms with Crippen LogP contribution in [0.1, 0.15) is 24.6 Å². The molecule has 0 bridgehead atoms. The first-order chi connectivity index (χ1) is 7.75. The molecule has 3 heteroatoms. The van der Waals surface area contributed by atoms with Crippen molar-refractivity contribution in [2.24, 2.45) is 5.92 Å². The summed E-state index contributed by atoms with van der Waals surface area (Å²) in [6, 6.07) is 4.30. The third kappa shape index (κ3) is 3.16. The second-order valence-corrected chi connectivity index (χ2v) is 5.61. The van der Waals surface area contributed by atoms with Gasteiger partial charge in [-0.2, -0.15) is 0 Å². The van der Waals surface area contributed by atoms with Crippen LogP contribution in [0.5, 0.6) is 0 Å². The molecule has 1 fully saturated rings. The van der Waals surface area contributed by atoms with Crippen molar-refractivity contribution in [3.63, 3.8) is 0 Å². The third-order valence-corrected chi connectivity index (χ3v) is 4.27. The zero-order chi connectivity index (χ0) is 11.4. The summed E-state index contributed by atoms with van der Waals surface area (Å²) in [6.45, 7) is 4.97. The summed E-state index contributed by atoms with van der Waals surface area (Å²) in [5.41, 5.74) is 0. The van der Waals surface area contributed by atoms with Gasteiger partial charge in [0.25, 0.3) is 0 Å². The van der Waals surface area contributed by atoms with Gasteiger partial charge in [0.15, 0.2) is 0 Å². The molecule has 2 nitrogen and oxygen atoms in total. The maximum Gasteiger partial charge on any atom is 0.134 e. The van der Waals surface area contributed by atoms with E-state index in [1.54, 1.807) is 6.92 Å². The molecular formula is C13H19NOS. The molecule has 2 rings (SSSR count). The SMILES string of the molecule is CC(=O)C1CCCN(CCc2cccs2)C1. The normalized spacial score (nSPS) is 22.2. The number of Topliss-reactive ketones (excluding diaryl/α,β-unsaturated/α-hetero) is 1. The molecule has 0 radical (unpaired) electrons. The first kappa shape index (κ1) is 11.8. The molecule has 16 heavy (non-hydrogen) atoms. The van der Waals surface area contributed by atoms with Crippen molar-refractivity contribution in [2.45, 2.75) is 26.2 Å². The molecule has 1 unspecified atom stereocenters.